The summed E-state index contributed by atoms with van der Waals surface area (Å²) in [6.45, 7) is 0.347. The molecule has 0 radical (unpaired) electrons. The number of pyridine rings is 2. The molecule has 3 N–H and O–H groups in total. The summed E-state index contributed by atoms with van der Waals surface area (Å²) in [4.78, 5) is 20.1. The van der Waals surface area contributed by atoms with Gasteiger partial charge in [-0.05, 0) is 29.1 Å². The molecule has 0 aliphatic rings. The molecule has 0 saturated heterocycles. The Hall–Kier alpha value is -2.37. The van der Waals surface area contributed by atoms with Crippen molar-refractivity contribution in [2.75, 3.05) is 5.73 Å². The first-order chi connectivity index (χ1) is 11.0. The number of benzene rings is 1. The average Bonchev–Trinajstić information content (AvgIpc) is 2.55. The van der Waals surface area contributed by atoms with Crippen molar-refractivity contribution in [1.29, 1.82) is 0 Å². The van der Waals surface area contributed by atoms with Crippen LogP contribution in [0.5, 0.6) is 0 Å². The molecule has 1 amide bonds. The van der Waals surface area contributed by atoms with E-state index in [4.69, 9.17) is 28.9 Å². The average molecular weight is 347 g/mol. The van der Waals surface area contributed by atoms with Gasteiger partial charge in [-0.15, -0.1) is 0 Å². The van der Waals surface area contributed by atoms with E-state index in [1.807, 2.05) is 24.3 Å². The lowest BCUT2D eigenvalue weighted by Gasteiger charge is -2.08. The molecule has 0 bridgehead atoms. The molecule has 1 aromatic carbocycles. The van der Waals surface area contributed by atoms with Crippen molar-refractivity contribution >= 4 is 45.7 Å². The molecule has 0 spiro atoms. The minimum atomic E-state index is -0.334. The van der Waals surface area contributed by atoms with Crippen LogP contribution in [0.15, 0.2) is 42.7 Å². The van der Waals surface area contributed by atoms with E-state index in [1.165, 1.54) is 12.3 Å². The van der Waals surface area contributed by atoms with Gasteiger partial charge in [-0.25, -0.2) is 9.97 Å². The number of rotatable bonds is 3. The van der Waals surface area contributed by atoms with Crippen molar-refractivity contribution in [3.05, 3.63) is 64.0 Å². The third-order valence-electron chi connectivity index (χ3n) is 3.36. The van der Waals surface area contributed by atoms with E-state index in [2.05, 4.69) is 15.3 Å². The van der Waals surface area contributed by atoms with Gasteiger partial charge in [0.15, 0.2) is 0 Å². The third-order valence-corrected chi connectivity index (χ3v) is 3.87. The molecule has 3 aromatic rings. The first-order valence-corrected chi connectivity index (χ1v) is 7.52. The number of nitrogens with zero attached hydrogens (tertiary/aromatic N) is 2. The quantitative estimate of drug-likeness (QED) is 0.711. The number of nitrogens with one attached hydrogen (secondary N) is 1. The molecule has 23 heavy (non-hydrogen) atoms. The fourth-order valence-electron chi connectivity index (χ4n) is 2.22. The van der Waals surface area contributed by atoms with Crippen LogP contribution in [0.1, 0.15) is 15.9 Å². The molecule has 3 rings (SSSR count). The monoisotopic (exact) mass is 346 g/mol. The van der Waals surface area contributed by atoms with Crippen molar-refractivity contribution < 1.29 is 4.79 Å². The molecule has 0 fully saturated rings. The SMILES string of the molecule is Nc1nccc2cc(CNC(=O)c3cc(Cl)cnc3Cl)ccc12. The second-order valence-electron chi connectivity index (χ2n) is 4.93. The van der Waals surface area contributed by atoms with Gasteiger partial charge < -0.3 is 11.1 Å². The number of amides is 1. The van der Waals surface area contributed by atoms with Crippen LogP contribution < -0.4 is 11.1 Å². The number of anilines is 1. The van der Waals surface area contributed by atoms with Crippen LogP contribution in [0.25, 0.3) is 10.8 Å². The predicted octanol–water partition coefficient (Wildman–Crippen LogP) is 3.45. The lowest BCUT2D eigenvalue weighted by atomic mass is 10.1. The molecular formula is C16H12Cl2N4O. The third kappa shape index (κ3) is 3.36. The summed E-state index contributed by atoms with van der Waals surface area (Å²) in [6, 6.07) is 9.07. The van der Waals surface area contributed by atoms with Gasteiger partial charge in [0.25, 0.3) is 5.91 Å². The van der Waals surface area contributed by atoms with Gasteiger partial charge in [-0.1, -0.05) is 35.3 Å². The number of nitrogen functional groups attached to an aromatic ring is 1. The van der Waals surface area contributed by atoms with E-state index < -0.39 is 0 Å². The second kappa shape index (κ2) is 6.40. The van der Waals surface area contributed by atoms with Gasteiger partial charge in [0.2, 0.25) is 0 Å². The van der Waals surface area contributed by atoms with Gasteiger partial charge in [-0.3, -0.25) is 4.79 Å². The number of aromatic nitrogens is 2. The molecule has 0 aliphatic heterocycles. The van der Waals surface area contributed by atoms with E-state index in [-0.39, 0.29) is 16.6 Å². The number of hydrogen-bond acceptors (Lipinski definition) is 4. The second-order valence-corrected chi connectivity index (χ2v) is 5.72. The van der Waals surface area contributed by atoms with E-state index in [0.29, 0.717) is 17.4 Å². The molecule has 116 valence electrons. The zero-order valence-electron chi connectivity index (χ0n) is 11.9. The molecule has 0 saturated carbocycles. The van der Waals surface area contributed by atoms with Crippen LogP contribution in [-0.2, 0) is 6.54 Å². The van der Waals surface area contributed by atoms with Gasteiger partial charge >= 0.3 is 0 Å². The molecule has 7 heteroatoms. The summed E-state index contributed by atoms with van der Waals surface area (Å²) in [6.07, 6.45) is 3.04. The fourth-order valence-corrected chi connectivity index (χ4v) is 2.57. The Morgan fingerprint density at radius 3 is 2.83 bits per heavy atom. The Balaban J connectivity index is 1.78. The molecular weight excluding hydrogens is 335 g/mol. The zero-order valence-corrected chi connectivity index (χ0v) is 13.4. The Bertz CT molecular complexity index is 898. The van der Waals surface area contributed by atoms with Crippen molar-refractivity contribution in [3.63, 3.8) is 0 Å². The van der Waals surface area contributed by atoms with Crippen LogP contribution in [0.3, 0.4) is 0 Å². The summed E-state index contributed by atoms with van der Waals surface area (Å²) in [7, 11) is 0. The maximum atomic E-state index is 12.2. The highest BCUT2D eigenvalue weighted by molar-refractivity contribution is 6.34. The summed E-state index contributed by atoms with van der Waals surface area (Å²) in [5, 5.41) is 5.11. The molecule has 2 heterocycles. The van der Waals surface area contributed by atoms with E-state index in [0.717, 1.165) is 16.3 Å². The lowest BCUT2D eigenvalue weighted by molar-refractivity contribution is 0.0950. The fraction of sp³-hybridized carbons (Fsp3) is 0.0625. The smallest absolute Gasteiger partial charge is 0.254 e. The molecule has 0 atom stereocenters. The van der Waals surface area contributed by atoms with E-state index >= 15 is 0 Å². The summed E-state index contributed by atoms with van der Waals surface area (Å²) < 4.78 is 0. The lowest BCUT2D eigenvalue weighted by Crippen LogP contribution is -2.23. The number of halogens is 2. The van der Waals surface area contributed by atoms with Crippen LogP contribution in [0.2, 0.25) is 10.2 Å². The van der Waals surface area contributed by atoms with Gasteiger partial charge in [0.05, 0.1) is 10.6 Å². The number of carbonyl (C=O) groups is 1. The van der Waals surface area contributed by atoms with E-state index in [9.17, 15) is 4.79 Å². The van der Waals surface area contributed by atoms with Crippen molar-refractivity contribution in [2.45, 2.75) is 6.54 Å². The standard InChI is InChI=1S/C16H12Cl2N4O/c17-11-6-13(14(18)21-8-11)16(23)22-7-9-1-2-12-10(5-9)3-4-20-15(12)19/h1-6,8H,7H2,(H2,19,20)(H,22,23). The Morgan fingerprint density at radius 2 is 2.00 bits per heavy atom. The zero-order chi connectivity index (χ0) is 16.4. The highest BCUT2D eigenvalue weighted by Crippen LogP contribution is 2.20. The van der Waals surface area contributed by atoms with Crippen LogP contribution in [-0.4, -0.2) is 15.9 Å². The van der Waals surface area contributed by atoms with Crippen LogP contribution >= 0.6 is 23.2 Å². The largest absolute Gasteiger partial charge is 0.383 e. The Kier molecular flexibility index (Phi) is 4.32. The van der Waals surface area contributed by atoms with Crippen molar-refractivity contribution in [2.24, 2.45) is 0 Å². The number of fused-ring (bicyclic) bond motifs is 1. The maximum Gasteiger partial charge on any atom is 0.254 e. The number of nitrogens with two attached hydrogens (primary N) is 1. The summed E-state index contributed by atoms with van der Waals surface area (Å²) in [5.41, 5.74) is 7.00. The highest BCUT2D eigenvalue weighted by atomic mass is 35.5. The summed E-state index contributed by atoms with van der Waals surface area (Å²) in [5.74, 6) is 0.147. The van der Waals surface area contributed by atoms with Crippen molar-refractivity contribution in [1.82, 2.24) is 15.3 Å². The van der Waals surface area contributed by atoms with Crippen LogP contribution in [0.4, 0.5) is 5.82 Å². The first-order valence-electron chi connectivity index (χ1n) is 6.77. The summed E-state index contributed by atoms with van der Waals surface area (Å²) >= 11 is 11.8. The molecule has 0 unspecified atom stereocenters. The molecule has 5 nitrogen and oxygen atoms in total. The number of carbonyl (C=O) groups excluding carboxylic acids is 1. The van der Waals surface area contributed by atoms with Gasteiger partial charge in [0.1, 0.15) is 11.0 Å². The predicted molar refractivity (Wildman–Crippen MR) is 91.6 cm³/mol. The Morgan fingerprint density at radius 1 is 1.17 bits per heavy atom. The highest BCUT2D eigenvalue weighted by Gasteiger charge is 2.12. The van der Waals surface area contributed by atoms with Gasteiger partial charge in [-0.2, -0.15) is 0 Å². The van der Waals surface area contributed by atoms with Crippen molar-refractivity contribution in [3.8, 4) is 0 Å². The first kappa shape index (κ1) is 15.5. The van der Waals surface area contributed by atoms with E-state index in [1.54, 1.807) is 6.20 Å². The normalized spacial score (nSPS) is 10.7. The minimum Gasteiger partial charge on any atom is -0.383 e. The maximum absolute atomic E-state index is 12.2. The van der Waals surface area contributed by atoms with Gasteiger partial charge in [0, 0.05) is 24.3 Å². The van der Waals surface area contributed by atoms with Crippen LogP contribution in [0, 0.1) is 0 Å². The molecule has 0 aliphatic carbocycles. The Labute approximate surface area is 142 Å². The topological polar surface area (TPSA) is 80.9 Å². The minimum absolute atomic E-state index is 0.115. The number of hydrogen-bond donors (Lipinski definition) is 2. The molecule has 2 aromatic heterocycles.